The Balaban J connectivity index is 1.15. The van der Waals surface area contributed by atoms with Gasteiger partial charge in [-0.3, -0.25) is 9.20 Å². The molecule has 1 fully saturated rings. The molecule has 0 atom stereocenters. The predicted octanol–water partition coefficient (Wildman–Crippen LogP) is 3.66. The summed E-state index contributed by atoms with van der Waals surface area (Å²) >= 11 is 0. The van der Waals surface area contributed by atoms with E-state index >= 15 is 0 Å². The number of fused-ring (bicyclic) bond motifs is 1. The molecule has 0 unspecified atom stereocenters. The molecule has 1 aliphatic heterocycles. The molecule has 0 radical (unpaired) electrons. The fraction of sp³-hybridized carbons (Fsp3) is 0.367. The molecule has 10 heteroatoms. The Morgan fingerprint density at radius 3 is 2.65 bits per heavy atom. The van der Waals surface area contributed by atoms with Crippen LogP contribution in [0.4, 0.5) is 11.5 Å². The fourth-order valence-electron chi connectivity index (χ4n) is 4.89. The van der Waals surface area contributed by atoms with Gasteiger partial charge in [-0.15, -0.1) is 0 Å². The Labute approximate surface area is 234 Å². The van der Waals surface area contributed by atoms with Crippen molar-refractivity contribution in [2.45, 2.75) is 25.9 Å². The van der Waals surface area contributed by atoms with E-state index in [1.54, 1.807) is 13.3 Å². The van der Waals surface area contributed by atoms with E-state index in [1.165, 1.54) is 0 Å². The van der Waals surface area contributed by atoms with Gasteiger partial charge in [0.15, 0.2) is 11.5 Å². The van der Waals surface area contributed by atoms with Crippen LogP contribution in [-0.4, -0.2) is 82.9 Å². The van der Waals surface area contributed by atoms with Crippen LogP contribution in [0.5, 0.6) is 5.75 Å². The van der Waals surface area contributed by atoms with Crippen LogP contribution in [0, 0.1) is 6.92 Å². The summed E-state index contributed by atoms with van der Waals surface area (Å²) in [4.78, 5) is 24.1. The number of aliphatic hydroxyl groups is 1. The molecule has 1 saturated heterocycles. The lowest BCUT2D eigenvalue weighted by Crippen LogP contribution is -2.38. The summed E-state index contributed by atoms with van der Waals surface area (Å²) in [6.45, 7) is 6.09. The molecule has 4 aromatic rings. The summed E-state index contributed by atoms with van der Waals surface area (Å²) in [5.74, 6) is 1.29. The number of anilines is 2. The number of hydrogen-bond acceptors (Lipinski definition) is 8. The normalized spacial score (nSPS) is 14.4. The lowest BCUT2D eigenvalue weighted by Gasteiger charge is -2.29. The number of likely N-dealkylation sites (tertiary alicyclic amines) is 1. The average molecular weight is 545 g/mol. The van der Waals surface area contributed by atoms with Crippen LogP contribution in [-0.2, 0) is 4.74 Å². The first kappa shape index (κ1) is 27.6. The van der Waals surface area contributed by atoms with Gasteiger partial charge in [0.1, 0.15) is 5.75 Å². The molecule has 1 aliphatic rings. The van der Waals surface area contributed by atoms with Crippen LogP contribution >= 0.6 is 0 Å². The number of ether oxygens (including phenoxy) is 2. The second-order valence-electron chi connectivity index (χ2n) is 9.94. The van der Waals surface area contributed by atoms with Gasteiger partial charge >= 0.3 is 0 Å². The summed E-state index contributed by atoms with van der Waals surface area (Å²) in [6, 6.07) is 13.5. The van der Waals surface area contributed by atoms with Crippen LogP contribution < -0.4 is 15.4 Å². The molecule has 1 amide bonds. The smallest absolute Gasteiger partial charge is 0.251 e. The van der Waals surface area contributed by atoms with Crippen molar-refractivity contribution in [3.8, 4) is 17.0 Å². The van der Waals surface area contributed by atoms with Gasteiger partial charge in [-0.25, -0.2) is 9.97 Å². The quantitative estimate of drug-likeness (QED) is 0.245. The lowest BCUT2D eigenvalue weighted by atomic mass is 10.1. The summed E-state index contributed by atoms with van der Waals surface area (Å²) in [7, 11) is 1.65. The van der Waals surface area contributed by atoms with E-state index in [0.717, 1.165) is 60.7 Å². The first-order valence-electron chi connectivity index (χ1n) is 13.6. The molecule has 2 aromatic heterocycles. The van der Waals surface area contributed by atoms with Crippen LogP contribution in [0.25, 0.3) is 16.9 Å². The van der Waals surface area contributed by atoms with Crippen LogP contribution in [0.3, 0.4) is 0 Å². The van der Waals surface area contributed by atoms with Gasteiger partial charge in [0, 0.05) is 55.4 Å². The highest BCUT2D eigenvalue weighted by Crippen LogP contribution is 2.27. The van der Waals surface area contributed by atoms with Crippen molar-refractivity contribution < 1.29 is 19.4 Å². The summed E-state index contributed by atoms with van der Waals surface area (Å²) in [6.07, 6.45) is 6.93. The molecule has 0 bridgehead atoms. The fourth-order valence-corrected chi connectivity index (χ4v) is 4.89. The number of amides is 1. The van der Waals surface area contributed by atoms with Crippen LogP contribution in [0.1, 0.15) is 28.8 Å². The predicted molar refractivity (Wildman–Crippen MR) is 154 cm³/mol. The van der Waals surface area contributed by atoms with E-state index in [0.29, 0.717) is 36.8 Å². The highest BCUT2D eigenvalue weighted by Gasteiger charge is 2.16. The van der Waals surface area contributed by atoms with Crippen molar-refractivity contribution in [1.29, 1.82) is 0 Å². The molecule has 5 rings (SSSR count). The number of carbonyl (C=O) groups is 1. The number of imidazole rings is 1. The minimum absolute atomic E-state index is 0.129. The number of aryl methyl sites for hydroxylation is 1. The molecule has 0 aliphatic carbocycles. The maximum absolute atomic E-state index is 12.7. The number of nitrogens with one attached hydrogen (secondary N) is 2. The summed E-state index contributed by atoms with van der Waals surface area (Å²) < 4.78 is 12.9. The summed E-state index contributed by atoms with van der Waals surface area (Å²) in [5.41, 5.74) is 4.95. The van der Waals surface area contributed by atoms with E-state index in [1.807, 2.05) is 66.2 Å². The van der Waals surface area contributed by atoms with Crippen molar-refractivity contribution in [3.63, 3.8) is 0 Å². The van der Waals surface area contributed by atoms with Gasteiger partial charge in [-0.05, 0) is 67.8 Å². The second kappa shape index (κ2) is 12.9. The molecule has 0 spiro atoms. The highest BCUT2D eigenvalue weighted by molar-refractivity contribution is 5.96. The second-order valence-corrected chi connectivity index (χ2v) is 9.94. The third-order valence-corrected chi connectivity index (χ3v) is 7.19. The SMILES string of the molecule is COc1ccc(-c2cnc3c(Nc4ccc(C(=O)NCCOCCN5CCC(O)CC5)c(C)c4)nccn23)cc1. The van der Waals surface area contributed by atoms with E-state index in [2.05, 4.69) is 25.5 Å². The van der Waals surface area contributed by atoms with Crippen molar-refractivity contribution in [2.75, 3.05) is 51.8 Å². The Morgan fingerprint density at radius 2 is 1.90 bits per heavy atom. The number of methoxy groups -OCH3 is 1. The monoisotopic (exact) mass is 544 g/mol. The van der Waals surface area contributed by atoms with Gasteiger partial charge < -0.3 is 30.1 Å². The minimum atomic E-state index is -0.165. The van der Waals surface area contributed by atoms with E-state index < -0.39 is 0 Å². The number of aromatic nitrogens is 3. The number of nitrogens with zero attached hydrogens (tertiary/aromatic N) is 4. The molecule has 10 nitrogen and oxygen atoms in total. The third-order valence-electron chi connectivity index (χ3n) is 7.19. The maximum atomic E-state index is 12.7. The molecule has 3 heterocycles. The van der Waals surface area contributed by atoms with Gasteiger partial charge in [-0.2, -0.15) is 0 Å². The number of carbonyl (C=O) groups excluding carboxylic acids is 1. The third kappa shape index (κ3) is 6.59. The molecule has 210 valence electrons. The highest BCUT2D eigenvalue weighted by atomic mass is 16.5. The molecule has 2 aromatic carbocycles. The molecular formula is C30H36N6O4. The van der Waals surface area contributed by atoms with Gasteiger partial charge in [0.2, 0.25) is 0 Å². The first-order chi connectivity index (χ1) is 19.5. The van der Waals surface area contributed by atoms with Crippen LogP contribution in [0.2, 0.25) is 0 Å². The molecule has 40 heavy (non-hydrogen) atoms. The average Bonchev–Trinajstić information content (AvgIpc) is 3.41. The zero-order valence-corrected chi connectivity index (χ0v) is 23.0. The van der Waals surface area contributed by atoms with Crippen molar-refractivity contribution in [1.82, 2.24) is 24.6 Å². The van der Waals surface area contributed by atoms with Gasteiger partial charge in [0.05, 0.1) is 38.3 Å². The Kier molecular flexibility index (Phi) is 8.90. The van der Waals surface area contributed by atoms with Gasteiger partial charge in [-0.1, -0.05) is 0 Å². The Bertz CT molecular complexity index is 1430. The largest absolute Gasteiger partial charge is 0.497 e. The molecule has 3 N–H and O–H groups in total. The minimum Gasteiger partial charge on any atom is -0.497 e. The lowest BCUT2D eigenvalue weighted by molar-refractivity contribution is 0.0559. The topological polar surface area (TPSA) is 113 Å². The number of aliphatic hydroxyl groups excluding tert-OH is 1. The number of hydrogen-bond donors (Lipinski definition) is 3. The zero-order valence-electron chi connectivity index (χ0n) is 23.0. The van der Waals surface area contributed by atoms with Crippen molar-refractivity contribution in [3.05, 3.63) is 72.2 Å². The number of rotatable bonds is 11. The Morgan fingerprint density at radius 1 is 1.10 bits per heavy atom. The first-order valence-corrected chi connectivity index (χ1v) is 13.6. The van der Waals surface area contributed by atoms with E-state index in [9.17, 15) is 9.90 Å². The van der Waals surface area contributed by atoms with Crippen molar-refractivity contribution >= 4 is 23.1 Å². The van der Waals surface area contributed by atoms with Gasteiger partial charge in [0.25, 0.3) is 5.91 Å². The molecular weight excluding hydrogens is 508 g/mol. The van der Waals surface area contributed by atoms with Crippen LogP contribution in [0.15, 0.2) is 61.1 Å². The Hall–Kier alpha value is -3.99. The van der Waals surface area contributed by atoms with E-state index in [4.69, 9.17) is 9.47 Å². The zero-order chi connectivity index (χ0) is 27.9. The number of benzene rings is 2. The van der Waals surface area contributed by atoms with E-state index in [-0.39, 0.29) is 12.0 Å². The standard InChI is InChI=1S/C30H36N6O4/c1-21-19-23(5-8-26(21)30(38)32-12-17-40-18-16-35-13-9-24(37)10-14-35)34-28-29-33-20-27(36(29)15-11-31-28)22-3-6-25(39-2)7-4-22/h3-8,11,15,19-20,24,37H,9-10,12-14,16-18H2,1-2H3,(H,31,34)(H,32,38). The maximum Gasteiger partial charge on any atom is 0.251 e. The molecule has 0 saturated carbocycles. The van der Waals surface area contributed by atoms with Crippen molar-refractivity contribution in [2.24, 2.45) is 0 Å². The summed E-state index contributed by atoms with van der Waals surface area (Å²) in [5, 5.41) is 15.9. The number of piperidine rings is 1.